The molecule has 1 aromatic rings. The zero-order valence-electron chi connectivity index (χ0n) is 14.0. The molecule has 130 valence electrons. The van der Waals surface area contributed by atoms with Crippen molar-refractivity contribution in [2.45, 2.75) is 52.1 Å². The van der Waals surface area contributed by atoms with Crippen LogP contribution in [0.2, 0.25) is 0 Å². The second-order valence-corrected chi connectivity index (χ2v) is 5.50. The molecule has 23 heavy (non-hydrogen) atoms. The molecule has 1 fully saturated rings. The van der Waals surface area contributed by atoms with E-state index in [-0.39, 0.29) is 29.9 Å². The van der Waals surface area contributed by atoms with Crippen molar-refractivity contribution in [2.24, 2.45) is 4.99 Å². The summed E-state index contributed by atoms with van der Waals surface area (Å²) in [6.45, 7) is 4.99. The molecule has 7 heteroatoms. The summed E-state index contributed by atoms with van der Waals surface area (Å²) < 4.78 is 10.3. The minimum Gasteiger partial charge on any atom is -0.465 e. The van der Waals surface area contributed by atoms with Crippen molar-refractivity contribution in [3.05, 3.63) is 23.2 Å². The summed E-state index contributed by atoms with van der Waals surface area (Å²) in [5.41, 5.74) is 0.460. The number of rotatable bonds is 5. The Morgan fingerprint density at radius 2 is 2.13 bits per heavy atom. The number of aliphatic imine (C=N–C) groups is 1. The average molecular weight is 435 g/mol. The Morgan fingerprint density at radius 3 is 2.74 bits per heavy atom. The molecule has 0 aliphatic heterocycles. The minimum absolute atomic E-state index is 0. The van der Waals surface area contributed by atoms with Crippen molar-refractivity contribution in [3.8, 4) is 0 Å². The van der Waals surface area contributed by atoms with E-state index in [0.29, 0.717) is 29.7 Å². The van der Waals surface area contributed by atoms with E-state index in [2.05, 4.69) is 15.6 Å². The van der Waals surface area contributed by atoms with Crippen molar-refractivity contribution >= 4 is 35.9 Å². The summed E-state index contributed by atoms with van der Waals surface area (Å²) in [7, 11) is 1.36. The Morgan fingerprint density at radius 1 is 1.43 bits per heavy atom. The van der Waals surface area contributed by atoms with E-state index >= 15 is 0 Å². The molecule has 0 amide bonds. The van der Waals surface area contributed by atoms with Gasteiger partial charge >= 0.3 is 5.97 Å². The van der Waals surface area contributed by atoms with E-state index in [0.717, 1.165) is 12.5 Å². The average Bonchev–Trinajstić information content (AvgIpc) is 3.14. The van der Waals surface area contributed by atoms with Gasteiger partial charge in [0.15, 0.2) is 5.96 Å². The maximum absolute atomic E-state index is 11.6. The van der Waals surface area contributed by atoms with E-state index < -0.39 is 0 Å². The highest BCUT2D eigenvalue weighted by molar-refractivity contribution is 14.0. The largest absolute Gasteiger partial charge is 0.465 e. The van der Waals surface area contributed by atoms with Gasteiger partial charge in [0, 0.05) is 12.6 Å². The number of methoxy groups -OCH3 is 1. The number of guanidine groups is 1. The summed E-state index contributed by atoms with van der Waals surface area (Å²) in [4.78, 5) is 16.1. The number of carbonyl (C=O) groups excluding carboxylic acids is 1. The zero-order chi connectivity index (χ0) is 15.9. The lowest BCUT2D eigenvalue weighted by atomic mass is 10.2. The van der Waals surface area contributed by atoms with E-state index in [1.165, 1.54) is 32.8 Å². The Bertz CT molecular complexity index is 537. The highest BCUT2D eigenvalue weighted by Crippen LogP contribution is 2.18. The zero-order valence-corrected chi connectivity index (χ0v) is 16.3. The van der Waals surface area contributed by atoms with Crippen LogP contribution in [0, 0.1) is 6.92 Å². The van der Waals surface area contributed by atoms with Gasteiger partial charge in [-0.05, 0) is 32.8 Å². The van der Waals surface area contributed by atoms with Crippen LogP contribution in [0.1, 0.15) is 54.5 Å². The van der Waals surface area contributed by atoms with Crippen LogP contribution in [0.4, 0.5) is 0 Å². The highest BCUT2D eigenvalue weighted by atomic mass is 127. The molecule has 0 atom stereocenters. The number of ether oxygens (including phenoxy) is 1. The molecule has 1 aliphatic carbocycles. The molecule has 0 bridgehead atoms. The van der Waals surface area contributed by atoms with E-state index in [1.54, 1.807) is 13.0 Å². The summed E-state index contributed by atoms with van der Waals surface area (Å²) >= 11 is 0. The number of hydrogen-bond donors (Lipinski definition) is 2. The summed E-state index contributed by atoms with van der Waals surface area (Å²) in [6.07, 6.45) is 4.93. The number of aryl methyl sites for hydroxylation is 1. The van der Waals surface area contributed by atoms with Crippen molar-refractivity contribution in [3.63, 3.8) is 0 Å². The van der Waals surface area contributed by atoms with Gasteiger partial charge in [0.25, 0.3) is 0 Å². The number of nitrogens with zero attached hydrogens (tertiary/aromatic N) is 1. The topological polar surface area (TPSA) is 75.9 Å². The van der Waals surface area contributed by atoms with Gasteiger partial charge in [0.2, 0.25) is 0 Å². The molecule has 1 aliphatic rings. The van der Waals surface area contributed by atoms with E-state index in [4.69, 9.17) is 9.15 Å². The SMILES string of the molecule is CCNC(=NCc1cc(C(=O)OC)c(C)o1)NC1CCCC1.I. The van der Waals surface area contributed by atoms with Gasteiger partial charge in [0.05, 0.1) is 7.11 Å². The van der Waals surface area contributed by atoms with Crippen LogP contribution in [0.25, 0.3) is 0 Å². The Balaban J connectivity index is 0.00000264. The number of halogens is 1. The van der Waals surface area contributed by atoms with E-state index in [1.807, 2.05) is 6.92 Å². The summed E-state index contributed by atoms with van der Waals surface area (Å²) in [5, 5.41) is 6.69. The van der Waals surface area contributed by atoms with Crippen LogP contribution < -0.4 is 10.6 Å². The number of carbonyl (C=O) groups is 1. The standard InChI is InChI=1S/C16H25N3O3.HI/c1-4-17-16(19-12-7-5-6-8-12)18-10-13-9-14(11(2)22-13)15(20)21-3;/h9,12H,4-8,10H2,1-3H3,(H2,17,18,19);1H. The monoisotopic (exact) mass is 435 g/mol. The number of esters is 1. The van der Waals surface area contributed by atoms with Gasteiger partial charge in [-0.2, -0.15) is 0 Å². The molecule has 0 aromatic carbocycles. The number of nitrogens with one attached hydrogen (secondary N) is 2. The van der Waals surface area contributed by atoms with Crippen molar-refractivity contribution in [1.29, 1.82) is 0 Å². The van der Waals surface area contributed by atoms with Gasteiger partial charge in [0.1, 0.15) is 23.6 Å². The molecular weight excluding hydrogens is 409 g/mol. The van der Waals surface area contributed by atoms with Crippen LogP contribution in [-0.2, 0) is 11.3 Å². The first-order chi connectivity index (χ1) is 10.6. The van der Waals surface area contributed by atoms with Gasteiger partial charge in [-0.1, -0.05) is 12.8 Å². The van der Waals surface area contributed by atoms with Crippen molar-refractivity contribution in [2.75, 3.05) is 13.7 Å². The Hall–Kier alpha value is -1.25. The van der Waals surface area contributed by atoms with Crippen LogP contribution in [-0.4, -0.2) is 31.6 Å². The fourth-order valence-corrected chi connectivity index (χ4v) is 2.67. The number of furan rings is 1. The molecule has 2 rings (SSSR count). The van der Waals surface area contributed by atoms with Gasteiger partial charge in [-0.15, -0.1) is 24.0 Å². The first-order valence-electron chi connectivity index (χ1n) is 7.86. The quantitative estimate of drug-likeness (QED) is 0.322. The van der Waals surface area contributed by atoms with Crippen molar-refractivity contribution in [1.82, 2.24) is 10.6 Å². The smallest absolute Gasteiger partial charge is 0.341 e. The highest BCUT2D eigenvalue weighted by Gasteiger charge is 2.17. The molecule has 6 nitrogen and oxygen atoms in total. The summed E-state index contributed by atoms with van der Waals surface area (Å²) in [6, 6.07) is 2.20. The third-order valence-electron chi connectivity index (χ3n) is 3.81. The second-order valence-electron chi connectivity index (χ2n) is 5.50. The predicted molar refractivity (Wildman–Crippen MR) is 100 cm³/mol. The number of hydrogen-bond acceptors (Lipinski definition) is 4. The lowest BCUT2D eigenvalue weighted by Crippen LogP contribution is -2.42. The molecule has 0 spiro atoms. The van der Waals surface area contributed by atoms with Gasteiger partial charge in [-0.25, -0.2) is 9.79 Å². The fourth-order valence-electron chi connectivity index (χ4n) is 2.67. The lowest BCUT2D eigenvalue weighted by Gasteiger charge is -2.16. The Kier molecular flexibility index (Phi) is 8.43. The normalized spacial score (nSPS) is 15.2. The summed E-state index contributed by atoms with van der Waals surface area (Å²) in [5.74, 6) is 1.63. The fraction of sp³-hybridized carbons (Fsp3) is 0.625. The molecule has 0 radical (unpaired) electrons. The maximum Gasteiger partial charge on any atom is 0.341 e. The van der Waals surface area contributed by atoms with E-state index in [9.17, 15) is 4.79 Å². The first kappa shape index (κ1) is 19.8. The van der Waals surface area contributed by atoms with Gasteiger partial charge < -0.3 is 19.8 Å². The van der Waals surface area contributed by atoms with Gasteiger partial charge in [-0.3, -0.25) is 0 Å². The Labute approximate surface area is 154 Å². The van der Waals surface area contributed by atoms with Crippen LogP contribution in [0.15, 0.2) is 15.5 Å². The lowest BCUT2D eigenvalue weighted by molar-refractivity contribution is 0.0599. The molecule has 1 heterocycles. The molecule has 0 unspecified atom stereocenters. The van der Waals surface area contributed by atoms with Crippen LogP contribution in [0.5, 0.6) is 0 Å². The second kappa shape index (κ2) is 9.79. The third kappa shape index (κ3) is 5.71. The predicted octanol–water partition coefficient (Wildman–Crippen LogP) is 2.99. The maximum atomic E-state index is 11.6. The third-order valence-corrected chi connectivity index (χ3v) is 3.81. The first-order valence-corrected chi connectivity index (χ1v) is 7.86. The van der Waals surface area contributed by atoms with Crippen LogP contribution >= 0.6 is 24.0 Å². The molecule has 1 saturated carbocycles. The molecule has 0 saturated heterocycles. The minimum atomic E-state index is -0.382. The van der Waals surface area contributed by atoms with Crippen molar-refractivity contribution < 1.29 is 13.9 Å². The molecule has 2 N–H and O–H groups in total. The molecular formula is C16H26IN3O3. The molecule has 1 aromatic heterocycles. The van der Waals surface area contributed by atoms with Crippen LogP contribution in [0.3, 0.4) is 0 Å².